The van der Waals surface area contributed by atoms with Crippen molar-refractivity contribution in [1.29, 1.82) is 0 Å². The summed E-state index contributed by atoms with van der Waals surface area (Å²) in [5.74, 6) is -0.873. The average Bonchev–Trinajstić information content (AvgIpc) is 2.76. The lowest BCUT2D eigenvalue weighted by Crippen LogP contribution is -2.63. The summed E-state index contributed by atoms with van der Waals surface area (Å²) in [6.07, 6.45) is 0. The number of piperazine rings is 1. The minimum absolute atomic E-state index is 0.123. The van der Waals surface area contributed by atoms with Crippen molar-refractivity contribution in [2.45, 2.75) is 44.2 Å². The van der Waals surface area contributed by atoms with Gasteiger partial charge in [-0.25, -0.2) is 13.6 Å². The van der Waals surface area contributed by atoms with Gasteiger partial charge in [-0.05, 0) is 62.2 Å². The van der Waals surface area contributed by atoms with Gasteiger partial charge in [-0.3, -0.25) is 9.59 Å². The Morgan fingerprint density at radius 3 is 2.29 bits per heavy atom. The number of nitrogens with two attached hydrogens (primary N) is 1. The lowest BCUT2D eigenvalue weighted by Gasteiger charge is -2.49. The van der Waals surface area contributed by atoms with Crippen LogP contribution in [0.25, 0.3) is 0 Å². The largest absolute Gasteiger partial charge is 0.363 e. The predicted molar refractivity (Wildman–Crippen MR) is 133 cm³/mol. The third kappa shape index (κ3) is 5.89. The Hall–Kier alpha value is -2.62. The third-order valence-electron chi connectivity index (χ3n) is 6.00. The molecule has 1 atom stereocenters. The molecule has 3 N–H and O–H groups in total. The van der Waals surface area contributed by atoms with E-state index in [2.05, 4.69) is 24.1 Å². The molecule has 0 saturated carbocycles. The molecule has 0 aromatic heterocycles. The number of benzene rings is 2. The summed E-state index contributed by atoms with van der Waals surface area (Å²) in [4.78, 5) is 30.2. The maximum Gasteiger partial charge on any atom is 0.251 e. The smallest absolute Gasteiger partial charge is 0.251 e. The summed E-state index contributed by atoms with van der Waals surface area (Å²) in [6.45, 7) is 9.48. The van der Waals surface area contributed by atoms with Gasteiger partial charge in [0, 0.05) is 35.9 Å². The molecular formula is C24H31ClN4O4S. The number of primary sulfonamides is 1. The normalized spacial score (nSPS) is 16.9. The van der Waals surface area contributed by atoms with Crippen LogP contribution in [-0.2, 0) is 14.8 Å². The molecule has 0 bridgehead atoms. The van der Waals surface area contributed by atoms with Crippen LogP contribution < -0.4 is 15.4 Å². The molecule has 8 nitrogen and oxygen atoms in total. The van der Waals surface area contributed by atoms with Crippen molar-refractivity contribution < 1.29 is 18.0 Å². The number of nitrogens with zero attached hydrogens (tertiary/aromatic N) is 2. The molecule has 1 fully saturated rings. The highest BCUT2D eigenvalue weighted by atomic mass is 35.5. The van der Waals surface area contributed by atoms with Crippen LogP contribution >= 0.6 is 11.6 Å². The number of anilines is 1. The van der Waals surface area contributed by atoms with Gasteiger partial charge in [0.15, 0.2) is 0 Å². The van der Waals surface area contributed by atoms with Crippen LogP contribution in [0.4, 0.5) is 5.69 Å². The van der Waals surface area contributed by atoms with E-state index in [1.807, 2.05) is 38.1 Å². The van der Waals surface area contributed by atoms with Gasteiger partial charge in [-0.2, -0.15) is 0 Å². The number of sulfonamides is 1. The van der Waals surface area contributed by atoms with E-state index in [0.717, 1.165) is 5.69 Å². The SMILES string of the molecule is CC(C)C(NC(=O)c1cccc(S(N)(=O)=O)c1)C(=O)N1CCN(c2ccc(Cl)cc2)C(C)(C)C1. The molecule has 2 amide bonds. The topological polar surface area (TPSA) is 113 Å². The van der Waals surface area contributed by atoms with Crippen LogP contribution in [0.5, 0.6) is 0 Å². The second-order valence-corrected chi connectivity index (χ2v) is 11.5. The second kappa shape index (κ2) is 9.93. The highest BCUT2D eigenvalue weighted by Crippen LogP contribution is 2.29. The molecule has 2 aromatic carbocycles. The summed E-state index contributed by atoms with van der Waals surface area (Å²) in [7, 11) is -3.95. The van der Waals surface area contributed by atoms with Crippen molar-refractivity contribution >= 4 is 39.1 Å². The molecule has 3 rings (SSSR count). The number of hydrogen-bond donors (Lipinski definition) is 2. The first-order valence-corrected chi connectivity index (χ1v) is 13.0. The van der Waals surface area contributed by atoms with E-state index in [9.17, 15) is 18.0 Å². The zero-order valence-electron chi connectivity index (χ0n) is 19.8. The van der Waals surface area contributed by atoms with E-state index >= 15 is 0 Å². The second-order valence-electron chi connectivity index (χ2n) is 9.47. The molecule has 0 radical (unpaired) electrons. The van der Waals surface area contributed by atoms with Crippen LogP contribution in [0.1, 0.15) is 38.1 Å². The van der Waals surface area contributed by atoms with Crippen molar-refractivity contribution in [1.82, 2.24) is 10.2 Å². The first kappa shape index (κ1) is 26.0. The van der Waals surface area contributed by atoms with Crippen molar-refractivity contribution in [3.63, 3.8) is 0 Å². The number of nitrogens with one attached hydrogen (secondary N) is 1. The zero-order chi connectivity index (χ0) is 25.3. The molecule has 2 aromatic rings. The van der Waals surface area contributed by atoms with Crippen LogP contribution in [-0.4, -0.2) is 56.3 Å². The first-order chi connectivity index (χ1) is 15.8. The van der Waals surface area contributed by atoms with E-state index in [1.165, 1.54) is 24.3 Å². The minimum Gasteiger partial charge on any atom is -0.363 e. The van der Waals surface area contributed by atoms with Gasteiger partial charge >= 0.3 is 0 Å². The van der Waals surface area contributed by atoms with Gasteiger partial charge in [-0.1, -0.05) is 31.5 Å². The molecule has 10 heteroatoms. The van der Waals surface area contributed by atoms with E-state index in [-0.39, 0.29) is 27.8 Å². The first-order valence-electron chi connectivity index (χ1n) is 11.1. The number of amides is 2. The van der Waals surface area contributed by atoms with Crippen molar-refractivity contribution in [2.75, 3.05) is 24.5 Å². The zero-order valence-corrected chi connectivity index (χ0v) is 21.4. The maximum absolute atomic E-state index is 13.5. The lowest BCUT2D eigenvalue weighted by atomic mass is 9.95. The fraction of sp³-hybridized carbons (Fsp3) is 0.417. The number of hydrogen-bond acceptors (Lipinski definition) is 5. The molecule has 1 aliphatic heterocycles. The Morgan fingerprint density at radius 2 is 1.74 bits per heavy atom. The Labute approximate surface area is 206 Å². The van der Waals surface area contributed by atoms with Crippen molar-refractivity contribution in [2.24, 2.45) is 11.1 Å². The standard InChI is InChI=1S/C24H31ClN4O4S/c1-16(2)21(27-22(30)17-6-5-7-20(14-17)34(26,32)33)23(31)28-12-13-29(24(3,4)15-28)19-10-8-18(25)9-11-19/h5-11,14,16,21H,12-13,15H2,1-4H3,(H,27,30)(H2,26,32,33). The van der Waals surface area contributed by atoms with Crippen molar-refractivity contribution in [3.05, 3.63) is 59.1 Å². The number of rotatable bonds is 6. The van der Waals surface area contributed by atoms with Gasteiger partial charge in [0.25, 0.3) is 5.91 Å². The van der Waals surface area contributed by atoms with Gasteiger partial charge in [0.1, 0.15) is 6.04 Å². The van der Waals surface area contributed by atoms with E-state index in [1.54, 1.807) is 4.90 Å². The molecule has 0 aliphatic carbocycles. The van der Waals surface area contributed by atoms with Gasteiger partial charge in [-0.15, -0.1) is 0 Å². The summed E-state index contributed by atoms with van der Waals surface area (Å²) in [5, 5.41) is 8.63. The minimum atomic E-state index is -3.95. The quantitative estimate of drug-likeness (QED) is 0.625. The van der Waals surface area contributed by atoms with Crippen molar-refractivity contribution in [3.8, 4) is 0 Å². The molecule has 34 heavy (non-hydrogen) atoms. The van der Waals surface area contributed by atoms with E-state index in [0.29, 0.717) is 24.7 Å². The average molecular weight is 507 g/mol. The lowest BCUT2D eigenvalue weighted by molar-refractivity contribution is -0.135. The summed E-state index contributed by atoms with van der Waals surface area (Å²) in [6, 6.07) is 12.3. The van der Waals surface area contributed by atoms with E-state index in [4.69, 9.17) is 16.7 Å². The van der Waals surface area contributed by atoms with Crippen LogP contribution in [0.2, 0.25) is 5.02 Å². The number of carbonyl (C=O) groups is 2. The van der Waals surface area contributed by atoms with Crippen LogP contribution in [0.3, 0.4) is 0 Å². The predicted octanol–water partition coefficient (Wildman–Crippen LogP) is 2.87. The molecular weight excluding hydrogens is 476 g/mol. The molecule has 1 aliphatic rings. The fourth-order valence-corrected chi connectivity index (χ4v) is 4.88. The van der Waals surface area contributed by atoms with Gasteiger partial charge in [0.2, 0.25) is 15.9 Å². The third-order valence-corrected chi connectivity index (χ3v) is 7.16. The monoisotopic (exact) mass is 506 g/mol. The number of halogens is 1. The Bertz CT molecular complexity index is 1170. The highest BCUT2D eigenvalue weighted by Gasteiger charge is 2.38. The molecule has 1 unspecified atom stereocenters. The Balaban J connectivity index is 1.75. The molecule has 184 valence electrons. The highest BCUT2D eigenvalue weighted by molar-refractivity contribution is 7.89. The molecule has 1 heterocycles. The number of carbonyl (C=O) groups excluding carboxylic acids is 2. The summed E-state index contributed by atoms with van der Waals surface area (Å²) >= 11 is 6.03. The molecule has 1 saturated heterocycles. The van der Waals surface area contributed by atoms with Gasteiger partial charge < -0.3 is 15.1 Å². The molecule has 0 spiro atoms. The fourth-order valence-electron chi connectivity index (χ4n) is 4.19. The summed E-state index contributed by atoms with van der Waals surface area (Å²) < 4.78 is 23.3. The van der Waals surface area contributed by atoms with E-state index < -0.39 is 22.0 Å². The Kier molecular flexibility index (Phi) is 7.59. The summed E-state index contributed by atoms with van der Waals surface area (Å²) in [5.41, 5.74) is 0.819. The maximum atomic E-state index is 13.5. The van der Waals surface area contributed by atoms with Crippen LogP contribution in [0, 0.1) is 5.92 Å². The Morgan fingerprint density at radius 1 is 1.09 bits per heavy atom. The van der Waals surface area contributed by atoms with Crippen LogP contribution in [0.15, 0.2) is 53.4 Å². The van der Waals surface area contributed by atoms with Gasteiger partial charge in [0.05, 0.1) is 10.4 Å².